The number of amides is 2. The second-order valence-corrected chi connectivity index (χ2v) is 4.51. The standard InChI is InChI=1S/C13H9F3N6O/c14-13(15,16)7-1-3-8(4-2-7)20-12(23)21-10-9-5-19-22-11(9)18-6-17-10/h1-6H,(H3,17,18,19,20,21,22,23). The van der Waals surface area contributed by atoms with Crippen LogP contribution in [0.2, 0.25) is 0 Å². The highest BCUT2D eigenvalue weighted by Gasteiger charge is 2.29. The maximum atomic E-state index is 12.5. The first-order valence-electron chi connectivity index (χ1n) is 6.33. The Morgan fingerprint density at radius 3 is 2.52 bits per heavy atom. The molecule has 0 spiro atoms. The summed E-state index contributed by atoms with van der Waals surface area (Å²) in [7, 11) is 0. The molecule has 0 aliphatic heterocycles. The molecule has 0 atom stereocenters. The van der Waals surface area contributed by atoms with Crippen LogP contribution >= 0.6 is 0 Å². The second kappa shape index (κ2) is 5.55. The lowest BCUT2D eigenvalue weighted by Gasteiger charge is -2.09. The van der Waals surface area contributed by atoms with Crippen LogP contribution in [0.1, 0.15) is 5.56 Å². The zero-order chi connectivity index (χ0) is 16.4. The van der Waals surface area contributed by atoms with Crippen LogP contribution in [-0.2, 0) is 6.18 Å². The molecule has 118 valence electrons. The molecule has 0 bridgehead atoms. The van der Waals surface area contributed by atoms with Crippen molar-refractivity contribution in [2.75, 3.05) is 10.6 Å². The monoisotopic (exact) mass is 322 g/mol. The van der Waals surface area contributed by atoms with Crippen molar-refractivity contribution in [3.05, 3.63) is 42.4 Å². The number of alkyl halides is 3. The van der Waals surface area contributed by atoms with E-state index in [2.05, 4.69) is 30.8 Å². The van der Waals surface area contributed by atoms with Gasteiger partial charge in [-0.1, -0.05) is 0 Å². The molecule has 3 N–H and O–H groups in total. The molecule has 0 aliphatic carbocycles. The van der Waals surface area contributed by atoms with Crippen molar-refractivity contribution in [3.8, 4) is 0 Å². The molecule has 2 amide bonds. The summed E-state index contributed by atoms with van der Waals surface area (Å²) in [5.41, 5.74) is -0.128. The number of rotatable bonds is 2. The van der Waals surface area contributed by atoms with E-state index in [-0.39, 0.29) is 11.5 Å². The Kier molecular flexibility index (Phi) is 3.56. The molecule has 0 unspecified atom stereocenters. The first kappa shape index (κ1) is 14.8. The van der Waals surface area contributed by atoms with Crippen LogP contribution in [0.3, 0.4) is 0 Å². The van der Waals surface area contributed by atoms with Gasteiger partial charge in [-0.05, 0) is 24.3 Å². The van der Waals surface area contributed by atoms with Crippen LogP contribution in [-0.4, -0.2) is 26.2 Å². The van der Waals surface area contributed by atoms with E-state index >= 15 is 0 Å². The van der Waals surface area contributed by atoms with Crippen molar-refractivity contribution in [2.24, 2.45) is 0 Å². The first-order chi connectivity index (χ1) is 10.9. The lowest BCUT2D eigenvalue weighted by molar-refractivity contribution is -0.137. The van der Waals surface area contributed by atoms with Crippen molar-refractivity contribution < 1.29 is 18.0 Å². The molecule has 0 saturated carbocycles. The van der Waals surface area contributed by atoms with Gasteiger partial charge in [-0.15, -0.1) is 0 Å². The molecule has 0 fully saturated rings. The van der Waals surface area contributed by atoms with Gasteiger partial charge in [0.05, 0.1) is 17.1 Å². The van der Waals surface area contributed by atoms with Crippen LogP contribution in [0.25, 0.3) is 11.0 Å². The van der Waals surface area contributed by atoms with Crippen LogP contribution < -0.4 is 10.6 Å². The van der Waals surface area contributed by atoms with Crippen molar-refractivity contribution in [1.82, 2.24) is 20.2 Å². The minimum absolute atomic E-state index is 0.216. The van der Waals surface area contributed by atoms with Gasteiger partial charge in [0.1, 0.15) is 12.1 Å². The third-order valence-electron chi connectivity index (χ3n) is 2.95. The average molecular weight is 322 g/mol. The zero-order valence-electron chi connectivity index (χ0n) is 11.3. The summed E-state index contributed by atoms with van der Waals surface area (Å²) in [6.45, 7) is 0. The van der Waals surface area contributed by atoms with E-state index in [9.17, 15) is 18.0 Å². The number of fused-ring (bicyclic) bond motifs is 1. The summed E-state index contributed by atoms with van der Waals surface area (Å²) in [4.78, 5) is 19.7. The second-order valence-electron chi connectivity index (χ2n) is 4.51. The summed E-state index contributed by atoms with van der Waals surface area (Å²) in [6, 6.07) is 3.44. The van der Waals surface area contributed by atoms with Crippen molar-refractivity contribution in [3.63, 3.8) is 0 Å². The molecule has 0 saturated heterocycles. The van der Waals surface area contributed by atoms with Gasteiger partial charge < -0.3 is 5.32 Å². The number of urea groups is 1. The highest BCUT2D eigenvalue weighted by atomic mass is 19.4. The molecule has 1 aromatic carbocycles. The molecular formula is C13H9F3N6O. The highest BCUT2D eigenvalue weighted by Crippen LogP contribution is 2.29. The number of hydrogen-bond donors (Lipinski definition) is 3. The molecule has 7 nitrogen and oxygen atoms in total. The number of benzene rings is 1. The third kappa shape index (κ3) is 3.20. The van der Waals surface area contributed by atoms with Gasteiger partial charge >= 0.3 is 12.2 Å². The van der Waals surface area contributed by atoms with Crippen LogP contribution in [0.15, 0.2) is 36.8 Å². The molecule has 10 heteroatoms. The molecule has 23 heavy (non-hydrogen) atoms. The number of anilines is 2. The molecule has 2 heterocycles. The van der Waals surface area contributed by atoms with Crippen molar-refractivity contribution >= 4 is 28.6 Å². The van der Waals surface area contributed by atoms with E-state index in [1.54, 1.807) is 0 Å². The number of carbonyl (C=O) groups is 1. The lowest BCUT2D eigenvalue weighted by Crippen LogP contribution is -2.20. The fourth-order valence-corrected chi connectivity index (χ4v) is 1.88. The van der Waals surface area contributed by atoms with E-state index in [1.165, 1.54) is 12.5 Å². The lowest BCUT2D eigenvalue weighted by atomic mass is 10.2. The van der Waals surface area contributed by atoms with Gasteiger partial charge in [0.2, 0.25) is 0 Å². The quantitative estimate of drug-likeness (QED) is 0.676. The van der Waals surface area contributed by atoms with E-state index in [0.29, 0.717) is 11.0 Å². The van der Waals surface area contributed by atoms with Gasteiger partial charge in [0, 0.05) is 5.69 Å². The minimum atomic E-state index is -4.42. The Bertz CT molecular complexity index is 843. The molecule has 3 aromatic rings. The van der Waals surface area contributed by atoms with Crippen molar-refractivity contribution in [2.45, 2.75) is 6.18 Å². The fourth-order valence-electron chi connectivity index (χ4n) is 1.88. The number of halogens is 3. The van der Waals surface area contributed by atoms with Gasteiger partial charge in [-0.3, -0.25) is 10.4 Å². The molecule has 2 aromatic heterocycles. The maximum absolute atomic E-state index is 12.5. The fraction of sp³-hybridized carbons (Fsp3) is 0.0769. The van der Waals surface area contributed by atoms with Crippen LogP contribution in [0, 0.1) is 0 Å². The first-order valence-corrected chi connectivity index (χ1v) is 6.33. The smallest absolute Gasteiger partial charge is 0.308 e. The van der Waals surface area contributed by atoms with Gasteiger partial charge in [-0.25, -0.2) is 14.8 Å². The predicted octanol–water partition coefficient (Wildman–Crippen LogP) is 3.02. The summed E-state index contributed by atoms with van der Waals surface area (Å²) in [5.74, 6) is 0.230. The number of nitrogens with one attached hydrogen (secondary N) is 3. The summed E-state index contributed by atoms with van der Waals surface area (Å²) in [6.07, 6.45) is -1.73. The molecular weight excluding hydrogens is 313 g/mol. The number of H-pyrrole nitrogens is 1. The largest absolute Gasteiger partial charge is 0.416 e. The molecule has 3 rings (SSSR count). The van der Waals surface area contributed by atoms with Gasteiger partial charge in [0.25, 0.3) is 0 Å². The third-order valence-corrected chi connectivity index (χ3v) is 2.95. The Balaban J connectivity index is 1.71. The van der Waals surface area contributed by atoms with Gasteiger partial charge in [-0.2, -0.15) is 18.3 Å². The SMILES string of the molecule is O=C(Nc1ccc(C(F)(F)F)cc1)Nc1ncnc2[nH]ncc12. The number of aromatic amines is 1. The van der Waals surface area contributed by atoms with E-state index < -0.39 is 17.8 Å². The highest BCUT2D eigenvalue weighted by molar-refractivity contribution is 6.03. The Morgan fingerprint density at radius 2 is 1.83 bits per heavy atom. The number of hydrogen-bond acceptors (Lipinski definition) is 4. The predicted molar refractivity (Wildman–Crippen MR) is 75.8 cm³/mol. The molecule has 0 radical (unpaired) electrons. The van der Waals surface area contributed by atoms with Gasteiger partial charge in [0.15, 0.2) is 5.65 Å². The maximum Gasteiger partial charge on any atom is 0.416 e. The summed E-state index contributed by atoms with van der Waals surface area (Å²) >= 11 is 0. The minimum Gasteiger partial charge on any atom is -0.308 e. The number of nitrogens with zero attached hydrogens (tertiary/aromatic N) is 3. The van der Waals surface area contributed by atoms with E-state index in [4.69, 9.17) is 0 Å². The van der Waals surface area contributed by atoms with Crippen LogP contribution in [0.4, 0.5) is 29.5 Å². The van der Waals surface area contributed by atoms with Crippen molar-refractivity contribution in [1.29, 1.82) is 0 Å². The molecule has 0 aliphatic rings. The summed E-state index contributed by atoms with van der Waals surface area (Å²) < 4.78 is 37.4. The topological polar surface area (TPSA) is 95.6 Å². The number of carbonyl (C=O) groups excluding carboxylic acids is 1. The Morgan fingerprint density at radius 1 is 1.09 bits per heavy atom. The Labute approximate surface area is 126 Å². The average Bonchev–Trinajstić information content (AvgIpc) is 2.96. The number of aromatic nitrogens is 4. The van der Waals surface area contributed by atoms with Crippen LogP contribution in [0.5, 0.6) is 0 Å². The normalized spacial score (nSPS) is 11.4. The Hall–Kier alpha value is -3.17. The van der Waals surface area contributed by atoms with E-state index in [0.717, 1.165) is 24.3 Å². The zero-order valence-corrected chi connectivity index (χ0v) is 11.3. The van der Waals surface area contributed by atoms with E-state index in [1.807, 2.05) is 0 Å². The summed E-state index contributed by atoms with van der Waals surface area (Å²) in [5, 5.41) is 11.8.